The summed E-state index contributed by atoms with van der Waals surface area (Å²) in [5.74, 6) is -0.191. The van der Waals surface area contributed by atoms with E-state index in [9.17, 15) is 9.18 Å². The molecule has 6 heteroatoms. The number of hydrogen-bond donors (Lipinski definition) is 0. The van der Waals surface area contributed by atoms with E-state index in [-0.39, 0.29) is 18.2 Å². The quantitative estimate of drug-likeness (QED) is 0.688. The highest BCUT2D eigenvalue weighted by Crippen LogP contribution is 2.19. The molecule has 134 valence electrons. The third-order valence-electron chi connectivity index (χ3n) is 4.07. The number of halogens is 1. The highest BCUT2D eigenvalue weighted by Gasteiger charge is 2.24. The van der Waals surface area contributed by atoms with Gasteiger partial charge in [0.2, 0.25) is 11.7 Å². The molecule has 3 rings (SSSR count). The summed E-state index contributed by atoms with van der Waals surface area (Å²) in [5, 5.41) is 3.98. The van der Waals surface area contributed by atoms with Crippen LogP contribution in [0.4, 0.5) is 4.39 Å². The van der Waals surface area contributed by atoms with E-state index < -0.39 is 11.7 Å². The number of aryl methyl sites for hydroxylation is 1. The molecular weight excluding hydrogens is 333 g/mol. The summed E-state index contributed by atoms with van der Waals surface area (Å²) >= 11 is 0. The van der Waals surface area contributed by atoms with Gasteiger partial charge in [-0.05, 0) is 32.9 Å². The van der Waals surface area contributed by atoms with E-state index in [2.05, 4.69) is 10.1 Å². The standard InChI is InChI=1S/C20H20FN3O2/c1-13(2)24(20(25)16-6-4-5-7-17(16)21)12-18-22-19(23-26-18)15-10-8-14(3)9-11-15/h4-11,13H,12H2,1-3H3. The molecule has 3 aromatic rings. The van der Waals surface area contributed by atoms with Crippen molar-refractivity contribution in [1.82, 2.24) is 15.0 Å². The average Bonchev–Trinajstić information content (AvgIpc) is 3.08. The Morgan fingerprint density at radius 2 is 1.85 bits per heavy atom. The van der Waals surface area contributed by atoms with Gasteiger partial charge in [-0.3, -0.25) is 4.79 Å². The topological polar surface area (TPSA) is 59.2 Å². The SMILES string of the molecule is Cc1ccc(-c2noc(CN(C(=O)c3ccccc3F)C(C)C)n2)cc1. The summed E-state index contributed by atoms with van der Waals surface area (Å²) in [7, 11) is 0. The lowest BCUT2D eigenvalue weighted by molar-refractivity contribution is 0.0662. The van der Waals surface area contributed by atoms with Crippen molar-refractivity contribution in [3.63, 3.8) is 0 Å². The van der Waals surface area contributed by atoms with Crippen molar-refractivity contribution in [3.8, 4) is 11.4 Å². The van der Waals surface area contributed by atoms with Crippen molar-refractivity contribution >= 4 is 5.91 Å². The average molecular weight is 353 g/mol. The van der Waals surface area contributed by atoms with Gasteiger partial charge in [0.15, 0.2) is 0 Å². The minimum absolute atomic E-state index is 0.0273. The molecule has 26 heavy (non-hydrogen) atoms. The zero-order valence-corrected chi connectivity index (χ0v) is 14.9. The third kappa shape index (κ3) is 3.79. The molecule has 1 amide bonds. The molecule has 0 bridgehead atoms. The second-order valence-corrected chi connectivity index (χ2v) is 6.38. The second-order valence-electron chi connectivity index (χ2n) is 6.38. The van der Waals surface area contributed by atoms with E-state index in [0.29, 0.717) is 11.7 Å². The maximum Gasteiger partial charge on any atom is 0.257 e. The number of aromatic nitrogens is 2. The van der Waals surface area contributed by atoms with E-state index in [1.807, 2.05) is 45.0 Å². The van der Waals surface area contributed by atoms with Gasteiger partial charge in [-0.2, -0.15) is 4.98 Å². The lowest BCUT2D eigenvalue weighted by Gasteiger charge is -2.25. The van der Waals surface area contributed by atoms with Crippen molar-refractivity contribution in [2.24, 2.45) is 0 Å². The van der Waals surface area contributed by atoms with Crippen LogP contribution in [0.1, 0.15) is 35.7 Å². The zero-order valence-electron chi connectivity index (χ0n) is 14.9. The van der Waals surface area contributed by atoms with E-state index in [4.69, 9.17) is 4.52 Å². The minimum Gasteiger partial charge on any atom is -0.337 e. The maximum absolute atomic E-state index is 14.0. The van der Waals surface area contributed by atoms with Gasteiger partial charge in [0.1, 0.15) is 12.4 Å². The maximum atomic E-state index is 14.0. The summed E-state index contributed by atoms with van der Waals surface area (Å²) in [5.41, 5.74) is 2.00. The summed E-state index contributed by atoms with van der Waals surface area (Å²) in [6, 6.07) is 13.5. The highest BCUT2D eigenvalue weighted by atomic mass is 19.1. The molecule has 0 unspecified atom stereocenters. The molecule has 5 nitrogen and oxygen atoms in total. The van der Waals surface area contributed by atoms with Gasteiger partial charge in [0.05, 0.1) is 5.56 Å². The van der Waals surface area contributed by atoms with Gasteiger partial charge in [0.25, 0.3) is 5.91 Å². The third-order valence-corrected chi connectivity index (χ3v) is 4.07. The Bertz CT molecular complexity index is 903. The predicted molar refractivity (Wildman–Crippen MR) is 95.9 cm³/mol. The Labute approximate surface area is 151 Å². The lowest BCUT2D eigenvalue weighted by atomic mass is 10.1. The first-order valence-electron chi connectivity index (χ1n) is 8.41. The van der Waals surface area contributed by atoms with Crippen LogP contribution in [0.2, 0.25) is 0 Å². The van der Waals surface area contributed by atoms with E-state index >= 15 is 0 Å². The molecule has 0 saturated heterocycles. The Morgan fingerprint density at radius 1 is 1.15 bits per heavy atom. The second kappa shape index (κ2) is 7.47. The van der Waals surface area contributed by atoms with Crippen molar-refractivity contribution in [2.75, 3.05) is 0 Å². The van der Waals surface area contributed by atoms with Crippen LogP contribution in [0.15, 0.2) is 53.1 Å². The number of nitrogens with zero attached hydrogens (tertiary/aromatic N) is 3. The molecule has 0 aliphatic heterocycles. The molecule has 0 aliphatic rings. The molecule has 0 spiro atoms. The molecule has 0 saturated carbocycles. The van der Waals surface area contributed by atoms with Crippen LogP contribution in [0.3, 0.4) is 0 Å². The van der Waals surface area contributed by atoms with Gasteiger partial charge < -0.3 is 9.42 Å². The first-order chi connectivity index (χ1) is 12.5. The van der Waals surface area contributed by atoms with Crippen molar-refractivity contribution < 1.29 is 13.7 Å². The highest BCUT2D eigenvalue weighted by molar-refractivity contribution is 5.94. The van der Waals surface area contributed by atoms with Crippen LogP contribution in [0.5, 0.6) is 0 Å². The Kier molecular flexibility index (Phi) is 5.11. The first kappa shape index (κ1) is 17.8. The number of carbonyl (C=O) groups is 1. The van der Waals surface area contributed by atoms with Gasteiger partial charge in [-0.15, -0.1) is 0 Å². The van der Waals surface area contributed by atoms with Crippen LogP contribution in [-0.4, -0.2) is 27.0 Å². The van der Waals surface area contributed by atoms with E-state index in [1.165, 1.54) is 17.0 Å². The first-order valence-corrected chi connectivity index (χ1v) is 8.41. The van der Waals surface area contributed by atoms with Crippen molar-refractivity contribution in [2.45, 2.75) is 33.4 Å². The molecule has 0 atom stereocenters. The number of amides is 1. The molecule has 2 aromatic carbocycles. The predicted octanol–water partition coefficient (Wildman–Crippen LogP) is 4.23. The van der Waals surface area contributed by atoms with E-state index in [1.54, 1.807) is 12.1 Å². The fourth-order valence-electron chi connectivity index (χ4n) is 2.56. The Balaban J connectivity index is 1.82. The van der Waals surface area contributed by atoms with E-state index in [0.717, 1.165) is 11.1 Å². The van der Waals surface area contributed by atoms with Gasteiger partial charge in [-0.1, -0.05) is 47.1 Å². The van der Waals surface area contributed by atoms with Gasteiger partial charge >= 0.3 is 0 Å². The molecule has 1 aromatic heterocycles. The molecular formula is C20H20FN3O2. The summed E-state index contributed by atoms with van der Waals surface area (Å²) in [6.07, 6.45) is 0. The minimum atomic E-state index is -0.547. The van der Waals surface area contributed by atoms with Crippen LogP contribution in [0.25, 0.3) is 11.4 Å². The normalized spacial score (nSPS) is 11.0. The van der Waals surface area contributed by atoms with Crippen LogP contribution >= 0.6 is 0 Å². The Hall–Kier alpha value is -3.02. The molecule has 0 radical (unpaired) electrons. The van der Waals surface area contributed by atoms with Crippen molar-refractivity contribution in [3.05, 3.63) is 71.4 Å². The Morgan fingerprint density at radius 3 is 2.50 bits per heavy atom. The molecule has 1 heterocycles. The van der Waals surface area contributed by atoms with Gasteiger partial charge in [0, 0.05) is 11.6 Å². The van der Waals surface area contributed by atoms with Crippen LogP contribution in [0, 0.1) is 12.7 Å². The number of benzene rings is 2. The number of rotatable bonds is 5. The van der Waals surface area contributed by atoms with Crippen LogP contribution in [-0.2, 0) is 6.54 Å². The lowest BCUT2D eigenvalue weighted by Crippen LogP contribution is -2.37. The summed E-state index contributed by atoms with van der Waals surface area (Å²) in [6.45, 7) is 5.83. The number of hydrogen-bond acceptors (Lipinski definition) is 4. The fraction of sp³-hybridized carbons (Fsp3) is 0.250. The monoisotopic (exact) mass is 353 g/mol. The van der Waals surface area contributed by atoms with Gasteiger partial charge in [-0.25, -0.2) is 4.39 Å². The molecule has 0 fully saturated rings. The fourth-order valence-corrected chi connectivity index (χ4v) is 2.56. The van der Waals surface area contributed by atoms with Crippen LogP contribution < -0.4 is 0 Å². The van der Waals surface area contributed by atoms with Crippen molar-refractivity contribution in [1.29, 1.82) is 0 Å². The molecule has 0 aliphatic carbocycles. The largest absolute Gasteiger partial charge is 0.337 e. The molecule has 0 N–H and O–H groups in total. The summed E-state index contributed by atoms with van der Waals surface area (Å²) in [4.78, 5) is 18.6. The smallest absolute Gasteiger partial charge is 0.257 e. The summed E-state index contributed by atoms with van der Waals surface area (Å²) < 4.78 is 19.3. The number of carbonyl (C=O) groups excluding carboxylic acids is 1. The zero-order chi connectivity index (χ0) is 18.7.